The standard InChI is InChI=1S/C13H18N2O4S2/c1-19-5-4-14-7-10-8-15(9-11(10)13(14)16)21(17,18)12-3-2-6-20-12/h2-3,6,10-11H,4-5,7-9H2,1H3/t10-,11+/m1/s1. The first-order chi connectivity index (χ1) is 10.0. The summed E-state index contributed by atoms with van der Waals surface area (Å²) in [6, 6.07) is 3.34. The van der Waals surface area contributed by atoms with Gasteiger partial charge in [-0.2, -0.15) is 4.31 Å². The SMILES string of the molecule is COCCN1C[C@@H]2CN(S(=O)(=O)c3cccs3)C[C@@H]2C1=O. The van der Waals surface area contributed by atoms with E-state index in [1.54, 1.807) is 29.5 Å². The summed E-state index contributed by atoms with van der Waals surface area (Å²) in [4.78, 5) is 14.1. The molecule has 2 atom stereocenters. The molecule has 21 heavy (non-hydrogen) atoms. The molecule has 0 aliphatic carbocycles. The Bertz CT molecular complexity index is 614. The molecule has 1 aromatic rings. The monoisotopic (exact) mass is 330 g/mol. The van der Waals surface area contributed by atoms with Crippen molar-refractivity contribution >= 4 is 27.3 Å². The summed E-state index contributed by atoms with van der Waals surface area (Å²) in [6.07, 6.45) is 0. The molecule has 1 aromatic heterocycles. The molecule has 0 unspecified atom stereocenters. The molecular formula is C13H18N2O4S2. The van der Waals surface area contributed by atoms with Gasteiger partial charge in [0.05, 0.1) is 12.5 Å². The van der Waals surface area contributed by atoms with E-state index in [4.69, 9.17) is 4.74 Å². The summed E-state index contributed by atoms with van der Waals surface area (Å²) < 4.78 is 31.8. The van der Waals surface area contributed by atoms with E-state index in [1.807, 2.05) is 0 Å². The number of sulfonamides is 1. The maximum atomic E-state index is 12.5. The van der Waals surface area contributed by atoms with Gasteiger partial charge in [-0.15, -0.1) is 11.3 Å². The summed E-state index contributed by atoms with van der Waals surface area (Å²) >= 11 is 1.22. The number of methoxy groups -OCH3 is 1. The number of hydrogen-bond acceptors (Lipinski definition) is 5. The van der Waals surface area contributed by atoms with Gasteiger partial charge in [-0.1, -0.05) is 6.07 Å². The summed E-state index contributed by atoms with van der Waals surface area (Å²) in [7, 11) is -1.83. The predicted molar refractivity (Wildman–Crippen MR) is 78.5 cm³/mol. The van der Waals surface area contributed by atoms with Crippen LogP contribution in [0.3, 0.4) is 0 Å². The van der Waals surface area contributed by atoms with Crippen molar-refractivity contribution in [2.24, 2.45) is 11.8 Å². The van der Waals surface area contributed by atoms with Crippen LogP contribution < -0.4 is 0 Å². The number of hydrogen-bond donors (Lipinski definition) is 0. The zero-order chi connectivity index (χ0) is 15.0. The molecule has 1 amide bonds. The number of ether oxygens (including phenoxy) is 1. The number of fused-ring (bicyclic) bond motifs is 1. The van der Waals surface area contributed by atoms with E-state index in [0.29, 0.717) is 37.0 Å². The van der Waals surface area contributed by atoms with Gasteiger partial charge in [-0.3, -0.25) is 4.79 Å². The van der Waals surface area contributed by atoms with Crippen molar-refractivity contribution in [3.63, 3.8) is 0 Å². The van der Waals surface area contributed by atoms with Crippen LogP contribution in [0, 0.1) is 11.8 Å². The Morgan fingerprint density at radius 3 is 2.81 bits per heavy atom. The number of carbonyl (C=O) groups excluding carboxylic acids is 1. The molecule has 0 aromatic carbocycles. The lowest BCUT2D eigenvalue weighted by molar-refractivity contribution is -0.131. The van der Waals surface area contributed by atoms with E-state index >= 15 is 0 Å². The van der Waals surface area contributed by atoms with Crippen molar-refractivity contribution in [1.82, 2.24) is 9.21 Å². The van der Waals surface area contributed by atoms with Gasteiger partial charge in [0, 0.05) is 39.2 Å². The Morgan fingerprint density at radius 2 is 2.19 bits per heavy atom. The lowest BCUT2D eigenvalue weighted by atomic mass is 10.0. The van der Waals surface area contributed by atoms with E-state index in [2.05, 4.69) is 0 Å². The van der Waals surface area contributed by atoms with Gasteiger partial charge in [0.25, 0.3) is 10.0 Å². The maximum absolute atomic E-state index is 12.5. The summed E-state index contributed by atoms with van der Waals surface area (Å²) in [6.45, 7) is 2.46. The first kappa shape index (κ1) is 15.0. The summed E-state index contributed by atoms with van der Waals surface area (Å²) in [5.74, 6) is -0.0402. The molecule has 116 valence electrons. The minimum absolute atomic E-state index is 0.0564. The molecule has 2 saturated heterocycles. The Labute approximate surface area is 128 Å². The van der Waals surface area contributed by atoms with Gasteiger partial charge in [-0.25, -0.2) is 8.42 Å². The minimum Gasteiger partial charge on any atom is -0.383 e. The lowest BCUT2D eigenvalue weighted by Crippen LogP contribution is -2.36. The quantitative estimate of drug-likeness (QED) is 0.787. The highest BCUT2D eigenvalue weighted by molar-refractivity contribution is 7.91. The van der Waals surface area contributed by atoms with Crippen LogP contribution in [-0.4, -0.2) is 63.4 Å². The zero-order valence-corrected chi connectivity index (χ0v) is 13.4. The van der Waals surface area contributed by atoms with Crippen LogP contribution >= 0.6 is 11.3 Å². The number of likely N-dealkylation sites (tertiary alicyclic amines) is 1. The van der Waals surface area contributed by atoms with Crippen molar-refractivity contribution in [2.45, 2.75) is 4.21 Å². The number of nitrogens with zero attached hydrogens (tertiary/aromatic N) is 2. The molecule has 2 fully saturated rings. The van der Waals surface area contributed by atoms with Crippen LogP contribution in [0.15, 0.2) is 21.7 Å². The second kappa shape index (κ2) is 5.68. The molecule has 0 N–H and O–H groups in total. The number of thiophene rings is 1. The predicted octanol–water partition coefficient (Wildman–Crippen LogP) is 0.473. The molecule has 8 heteroatoms. The molecular weight excluding hydrogens is 312 g/mol. The van der Waals surface area contributed by atoms with Gasteiger partial charge in [0.15, 0.2) is 0 Å². The normalized spacial score (nSPS) is 26.5. The van der Waals surface area contributed by atoms with Crippen molar-refractivity contribution < 1.29 is 17.9 Å². The van der Waals surface area contributed by atoms with Crippen molar-refractivity contribution in [2.75, 3.05) is 39.9 Å². The maximum Gasteiger partial charge on any atom is 0.252 e. The van der Waals surface area contributed by atoms with Crippen LogP contribution in [0.4, 0.5) is 0 Å². The summed E-state index contributed by atoms with van der Waals surface area (Å²) in [5, 5.41) is 1.75. The molecule has 0 radical (unpaired) electrons. The molecule has 2 aliphatic rings. The van der Waals surface area contributed by atoms with Crippen molar-refractivity contribution in [1.29, 1.82) is 0 Å². The van der Waals surface area contributed by atoms with E-state index in [1.165, 1.54) is 15.6 Å². The highest BCUT2D eigenvalue weighted by Crippen LogP contribution is 2.35. The van der Waals surface area contributed by atoms with Crippen LogP contribution in [0.25, 0.3) is 0 Å². The first-order valence-corrected chi connectivity index (χ1v) is 9.17. The Hall–Kier alpha value is -0.960. The molecule has 3 rings (SSSR count). The average molecular weight is 330 g/mol. The second-order valence-corrected chi connectivity index (χ2v) is 8.51. The van der Waals surface area contributed by atoms with Gasteiger partial charge in [0.2, 0.25) is 5.91 Å². The minimum atomic E-state index is -3.44. The zero-order valence-electron chi connectivity index (χ0n) is 11.8. The molecule has 3 heterocycles. The average Bonchev–Trinajstić information content (AvgIpc) is 3.15. The Morgan fingerprint density at radius 1 is 1.38 bits per heavy atom. The lowest BCUT2D eigenvalue weighted by Gasteiger charge is -2.20. The molecule has 0 saturated carbocycles. The smallest absolute Gasteiger partial charge is 0.252 e. The van der Waals surface area contributed by atoms with Crippen LogP contribution in [0.5, 0.6) is 0 Å². The fourth-order valence-corrected chi connectivity index (χ4v) is 5.71. The van der Waals surface area contributed by atoms with Crippen molar-refractivity contribution in [3.8, 4) is 0 Å². The number of carbonyl (C=O) groups is 1. The van der Waals surface area contributed by atoms with E-state index in [9.17, 15) is 13.2 Å². The van der Waals surface area contributed by atoms with Crippen LogP contribution in [0.2, 0.25) is 0 Å². The van der Waals surface area contributed by atoms with Crippen LogP contribution in [-0.2, 0) is 19.6 Å². The molecule has 0 bridgehead atoms. The van der Waals surface area contributed by atoms with Gasteiger partial charge < -0.3 is 9.64 Å². The summed E-state index contributed by atoms with van der Waals surface area (Å²) in [5.41, 5.74) is 0. The van der Waals surface area contributed by atoms with E-state index in [-0.39, 0.29) is 17.7 Å². The third-order valence-electron chi connectivity index (χ3n) is 4.15. The second-order valence-electron chi connectivity index (χ2n) is 5.40. The third-order valence-corrected chi connectivity index (χ3v) is 7.35. The van der Waals surface area contributed by atoms with Gasteiger partial charge in [-0.05, 0) is 11.4 Å². The van der Waals surface area contributed by atoms with Gasteiger partial charge in [0.1, 0.15) is 4.21 Å². The third kappa shape index (κ3) is 2.61. The highest BCUT2D eigenvalue weighted by atomic mass is 32.2. The van der Waals surface area contributed by atoms with E-state index in [0.717, 1.165) is 0 Å². The Kier molecular flexibility index (Phi) is 4.04. The fraction of sp³-hybridized carbons (Fsp3) is 0.615. The Balaban J connectivity index is 1.70. The van der Waals surface area contributed by atoms with Crippen LogP contribution in [0.1, 0.15) is 0 Å². The molecule has 6 nitrogen and oxygen atoms in total. The molecule has 2 aliphatic heterocycles. The van der Waals surface area contributed by atoms with E-state index < -0.39 is 10.0 Å². The largest absolute Gasteiger partial charge is 0.383 e. The number of amides is 1. The van der Waals surface area contributed by atoms with Gasteiger partial charge >= 0.3 is 0 Å². The van der Waals surface area contributed by atoms with Crippen molar-refractivity contribution in [3.05, 3.63) is 17.5 Å². The topological polar surface area (TPSA) is 66.9 Å². The highest BCUT2D eigenvalue weighted by Gasteiger charge is 2.49. The number of rotatable bonds is 5. The first-order valence-electron chi connectivity index (χ1n) is 6.85. The fourth-order valence-electron chi connectivity index (χ4n) is 3.04. The molecule has 0 spiro atoms.